The molecule has 0 radical (unpaired) electrons. The van der Waals surface area contributed by atoms with Crippen molar-refractivity contribution in [3.8, 4) is 6.07 Å². The van der Waals surface area contributed by atoms with Gasteiger partial charge < -0.3 is 5.32 Å². The lowest BCUT2D eigenvalue weighted by Gasteiger charge is -2.44. The van der Waals surface area contributed by atoms with Crippen molar-refractivity contribution in [2.24, 2.45) is 0 Å². The Labute approximate surface area is 111 Å². The van der Waals surface area contributed by atoms with Gasteiger partial charge in [0.1, 0.15) is 6.04 Å². The molecule has 2 aliphatic rings. The molecule has 0 aromatic carbocycles. The Bertz CT molecular complexity index is 286. The molecule has 0 aromatic rings. The number of nitrogens with zero attached hydrogens (tertiary/aromatic N) is 3. The Hall–Kier alpha value is -0.630. The van der Waals surface area contributed by atoms with Crippen molar-refractivity contribution in [1.29, 1.82) is 5.26 Å². The van der Waals surface area contributed by atoms with Crippen LogP contribution >= 0.6 is 0 Å². The van der Waals surface area contributed by atoms with E-state index < -0.39 is 0 Å². The van der Waals surface area contributed by atoms with Gasteiger partial charge in [-0.05, 0) is 32.4 Å². The minimum atomic E-state index is 0.0000839. The van der Waals surface area contributed by atoms with Crippen LogP contribution < -0.4 is 5.32 Å². The average Bonchev–Trinajstić information content (AvgIpc) is 2.43. The fourth-order valence-electron chi connectivity index (χ4n) is 3.11. The first-order valence-electron chi connectivity index (χ1n) is 7.43. The highest BCUT2D eigenvalue weighted by Crippen LogP contribution is 2.20. The van der Waals surface area contributed by atoms with Crippen LogP contribution in [0.1, 0.15) is 32.6 Å². The molecular weight excluding hydrogens is 224 g/mol. The molecule has 4 heteroatoms. The van der Waals surface area contributed by atoms with Crippen molar-refractivity contribution in [2.45, 2.75) is 44.7 Å². The molecular formula is C14H26N4. The summed E-state index contributed by atoms with van der Waals surface area (Å²) in [5.41, 5.74) is 0. The van der Waals surface area contributed by atoms with Gasteiger partial charge in [-0.3, -0.25) is 9.80 Å². The summed E-state index contributed by atoms with van der Waals surface area (Å²) in [7, 11) is 0. The molecule has 102 valence electrons. The zero-order valence-electron chi connectivity index (χ0n) is 11.6. The second-order valence-electron chi connectivity index (χ2n) is 5.58. The van der Waals surface area contributed by atoms with E-state index in [2.05, 4.69) is 28.1 Å². The van der Waals surface area contributed by atoms with Crippen molar-refractivity contribution in [2.75, 3.05) is 39.3 Å². The molecule has 0 saturated carbocycles. The van der Waals surface area contributed by atoms with E-state index in [1.54, 1.807) is 0 Å². The summed E-state index contributed by atoms with van der Waals surface area (Å²) in [6.45, 7) is 8.74. The highest BCUT2D eigenvalue weighted by Gasteiger charge is 2.29. The number of piperazine rings is 1. The molecule has 0 aromatic heterocycles. The monoisotopic (exact) mass is 250 g/mol. The third kappa shape index (κ3) is 3.68. The van der Waals surface area contributed by atoms with Crippen molar-refractivity contribution >= 4 is 0 Å². The van der Waals surface area contributed by atoms with Crippen molar-refractivity contribution in [3.05, 3.63) is 0 Å². The lowest BCUT2D eigenvalue weighted by atomic mass is 9.99. The van der Waals surface area contributed by atoms with Crippen molar-refractivity contribution in [1.82, 2.24) is 15.1 Å². The van der Waals surface area contributed by atoms with E-state index in [-0.39, 0.29) is 6.04 Å². The fourth-order valence-corrected chi connectivity index (χ4v) is 3.11. The molecule has 2 aliphatic heterocycles. The van der Waals surface area contributed by atoms with Crippen molar-refractivity contribution < 1.29 is 0 Å². The Morgan fingerprint density at radius 1 is 1.33 bits per heavy atom. The largest absolute Gasteiger partial charge is 0.301 e. The number of piperidine rings is 1. The lowest BCUT2D eigenvalue weighted by Crippen LogP contribution is -2.56. The molecule has 2 rings (SSSR count). The SMILES string of the molecule is CCCNC(C#N)CN1CCN2CCCCC2C1. The molecule has 2 fully saturated rings. The number of rotatable bonds is 5. The first kappa shape index (κ1) is 13.8. The van der Waals surface area contributed by atoms with Gasteiger partial charge in [-0.2, -0.15) is 5.26 Å². The van der Waals surface area contributed by atoms with Crippen molar-refractivity contribution in [3.63, 3.8) is 0 Å². The summed E-state index contributed by atoms with van der Waals surface area (Å²) in [5.74, 6) is 0. The standard InChI is InChI=1S/C14H26N4/c1-2-6-16-13(10-15)11-17-8-9-18-7-4-3-5-14(18)12-17/h13-14,16H,2-9,11-12H2,1H3. The summed E-state index contributed by atoms with van der Waals surface area (Å²) in [6, 6.07) is 3.14. The second kappa shape index (κ2) is 7.08. The van der Waals surface area contributed by atoms with E-state index in [1.807, 2.05) is 0 Å². The molecule has 0 aliphatic carbocycles. The predicted octanol–water partition coefficient (Wildman–Crippen LogP) is 1.05. The minimum Gasteiger partial charge on any atom is -0.301 e. The van der Waals surface area contributed by atoms with Gasteiger partial charge in [0.2, 0.25) is 0 Å². The van der Waals surface area contributed by atoms with Gasteiger partial charge in [0.05, 0.1) is 6.07 Å². The Morgan fingerprint density at radius 3 is 3.00 bits per heavy atom. The van der Waals surface area contributed by atoms with Crippen LogP contribution in [0.5, 0.6) is 0 Å². The number of fused-ring (bicyclic) bond motifs is 1. The van der Waals surface area contributed by atoms with Crippen LogP contribution in [0.3, 0.4) is 0 Å². The molecule has 0 amide bonds. The molecule has 0 spiro atoms. The molecule has 2 atom stereocenters. The van der Waals surface area contributed by atoms with Crippen LogP contribution in [0.2, 0.25) is 0 Å². The van der Waals surface area contributed by atoms with Crippen LogP contribution in [-0.4, -0.2) is 61.2 Å². The van der Waals surface area contributed by atoms with Gasteiger partial charge in [0.25, 0.3) is 0 Å². The molecule has 4 nitrogen and oxygen atoms in total. The zero-order valence-corrected chi connectivity index (χ0v) is 11.6. The van der Waals surface area contributed by atoms with Gasteiger partial charge >= 0.3 is 0 Å². The number of hydrogen-bond donors (Lipinski definition) is 1. The average molecular weight is 250 g/mol. The highest BCUT2D eigenvalue weighted by molar-refractivity contribution is 4.94. The van der Waals surface area contributed by atoms with Crippen LogP contribution in [-0.2, 0) is 0 Å². The molecule has 2 heterocycles. The van der Waals surface area contributed by atoms with E-state index in [0.29, 0.717) is 0 Å². The first-order chi connectivity index (χ1) is 8.83. The Balaban J connectivity index is 1.78. The Morgan fingerprint density at radius 2 is 2.22 bits per heavy atom. The van der Waals surface area contributed by atoms with Crippen LogP contribution in [0.4, 0.5) is 0 Å². The Kier molecular flexibility index (Phi) is 5.43. The van der Waals surface area contributed by atoms with Crippen LogP contribution in [0.15, 0.2) is 0 Å². The highest BCUT2D eigenvalue weighted by atomic mass is 15.3. The molecule has 1 N–H and O–H groups in total. The zero-order chi connectivity index (χ0) is 12.8. The molecule has 2 unspecified atom stereocenters. The van der Waals surface area contributed by atoms with Crippen LogP contribution in [0.25, 0.3) is 0 Å². The molecule has 18 heavy (non-hydrogen) atoms. The summed E-state index contributed by atoms with van der Waals surface area (Å²) < 4.78 is 0. The van der Waals surface area contributed by atoms with Gasteiger partial charge in [-0.1, -0.05) is 13.3 Å². The normalized spacial score (nSPS) is 27.4. The van der Waals surface area contributed by atoms with E-state index in [4.69, 9.17) is 5.26 Å². The van der Waals surface area contributed by atoms with Crippen LogP contribution in [0, 0.1) is 11.3 Å². The molecule has 2 saturated heterocycles. The van der Waals surface area contributed by atoms with Gasteiger partial charge in [0.15, 0.2) is 0 Å². The number of nitriles is 1. The van der Waals surface area contributed by atoms with E-state index in [9.17, 15) is 0 Å². The van der Waals surface area contributed by atoms with E-state index in [0.717, 1.165) is 38.6 Å². The lowest BCUT2D eigenvalue weighted by molar-refractivity contribution is 0.0473. The van der Waals surface area contributed by atoms with Gasteiger partial charge in [-0.15, -0.1) is 0 Å². The van der Waals surface area contributed by atoms with Gasteiger partial charge in [0, 0.05) is 32.2 Å². The minimum absolute atomic E-state index is 0.0000839. The smallest absolute Gasteiger partial charge is 0.108 e. The second-order valence-corrected chi connectivity index (χ2v) is 5.58. The predicted molar refractivity (Wildman–Crippen MR) is 73.3 cm³/mol. The first-order valence-corrected chi connectivity index (χ1v) is 7.43. The topological polar surface area (TPSA) is 42.3 Å². The molecule has 0 bridgehead atoms. The summed E-state index contributed by atoms with van der Waals surface area (Å²) in [5, 5.41) is 12.5. The van der Waals surface area contributed by atoms with E-state index in [1.165, 1.54) is 32.4 Å². The maximum absolute atomic E-state index is 9.17. The third-order valence-corrected chi connectivity index (χ3v) is 4.16. The summed E-state index contributed by atoms with van der Waals surface area (Å²) >= 11 is 0. The fraction of sp³-hybridized carbons (Fsp3) is 0.929. The summed E-state index contributed by atoms with van der Waals surface area (Å²) in [4.78, 5) is 5.11. The van der Waals surface area contributed by atoms with Gasteiger partial charge in [-0.25, -0.2) is 0 Å². The number of hydrogen-bond acceptors (Lipinski definition) is 4. The maximum atomic E-state index is 9.17. The number of nitrogens with one attached hydrogen (secondary N) is 1. The van der Waals surface area contributed by atoms with E-state index >= 15 is 0 Å². The summed E-state index contributed by atoms with van der Waals surface area (Å²) in [6.07, 6.45) is 5.19. The maximum Gasteiger partial charge on any atom is 0.108 e. The quantitative estimate of drug-likeness (QED) is 0.792. The third-order valence-electron chi connectivity index (χ3n) is 4.16.